The Kier molecular flexibility index (Phi) is 3.61. The maximum absolute atomic E-state index is 13.1. The van der Waals surface area contributed by atoms with Gasteiger partial charge < -0.3 is 9.80 Å². The maximum atomic E-state index is 13.1. The number of amides is 1. The highest BCUT2D eigenvalue weighted by molar-refractivity contribution is 5.77. The Bertz CT molecular complexity index is 484. The van der Waals surface area contributed by atoms with Crippen LogP contribution >= 0.6 is 0 Å². The number of hydrogen-bond acceptors (Lipinski definition) is 2. The van der Waals surface area contributed by atoms with E-state index < -0.39 is 0 Å². The van der Waals surface area contributed by atoms with Gasteiger partial charge in [-0.05, 0) is 80.7 Å². The lowest BCUT2D eigenvalue weighted by molar-refractivity contribution is -0.161. The molecule has 0 radical (unpaired) electrons. The molecule has 1 saturated heterocycles. The number of likely N-dealkylation sites (N-methyl/N-ethyl adjacent to an activating group) is 1. The highest BCUT2D eigenvalue weighted by atomic mass is 16.2. The average molecular weight is 319 g/mol. The number of carbonyl (C=O) groups is 1. The molecule has 5 rings (SSSR count). The molecule has 3 nitrogen and oxygen atoms in total. The summed E-state index contributed by atoms with van der Waals surface area (Å²) in [4.78, 5) is 17.6. The fourth-order valence-electron chi connectivity index (χ4n) is 7.61. The van der Waals surface area contributed by atoms with E-state index in [0.717, 1.165) is 44.9 Å². The van der Waals surface area contributed by atoms with Crippen LogP contribution in [0.5, 0.6) is 0 Å². The van der Waals surface area contributed by atoms with Crippen LogP contribution in [0.2, 0.25) is 0 Å². The van der Waals surface area contributed by atoms with Gasteiger partial charge in [-0.15, -0.1) is 0 Å². The lowest BCUT2D eigenvalue weighted by Gasteiger charge is -2.65. The molecular formula is C20H34N2O. The third-order valence-corrected chi connectivity index (χ3v) is 7.34. The normalized spacial score (nSPS) is 46.9. The summed E-state index contributed by atoms with van der Waals surface area (Å²) >= 11 is 0. The Balaban J connectivity index is 1.49. The van der Waals surface area contributed by atoms with Crippen LogP contribution in [0.1, 0.15) is 65.2 Å². The molecule has 1 aliphatic heterocycles. The van der Waals surface area contributed by atoms with Crippen LogP contribution in [0.25, 0.3) is 0 Å². The summed E-state index contributed by atoms with van der Waals surface area (Å²) in [7, 11) is 2.18. The van der Waals surface area contributed by atoms with Crippen LogP contribution in [-0.4, -0.2) is 48.9 Å². The molecule has 0 aromatic carbocycles. The maximum Gasteiger partial charge on any atom is 0.223 e. The number of nitrogens with zero attached hydrogens (tertiary/aromatic N) is 2. The van der Waals surface area contributed by atoms with Crippen molar-refractivity contribution in [3.05, 3.63) is 0 Å². The van der Waals surface area contributed by atoms with E-state index in [1.54, 1.807) is 0 Å². The van der Waals surface area contributed by atoms with Gasteiger partial charge >= 0.3 is 0 Å². The van der Waals surface area contributed by atoms with E-state index in [0.29, 0.717) is 22.2 Å². The topological polar surface area (TPSA) is 23.6 Å². The van der Waals surface area contributed by atoms with Crippen molar-refractivity contribution in [2.24, 2.45) is 22.2 Å². The van der Waals surface area contributed by atoms with Gasteiger partial charge in [0.2, 0.25) is 5.91 Å². The second-order valence-electron chi connectivity index (χ2n) is 10.3. The molecule has 1 amide bonds. The van der Waals surface area contributed by atoms with Crippen molar-refractivity contribution in [2.45, 2.75) is 65.2 Å². The van der Waals surface area contributed by atoms with Crippen LogP contribution in [0.15, 0.2) is 0 Å². The van der Waals surface area contributed by atoms with E-state index >= 15 is 0 Å². The molecule has 5 fully saturated rings. The van der Waals surface area contributed by atoms with Crippen molar-refractivity contribution >= 4 is 5.91 Å². The first-order valence-corrected chi connectivity index (χ1v) is 9.75. The van der Waals surface area contributed by atoms with Crippen LogP contribution in [-0.2, 0) is 4.79 Å². The van der Waals surface area contributed by atoms with Crippen molar-refractivity contribution in [3.63, 3.8) is 0 Å². The van der Waals surface area contributed by atoms with Crippen molar-refractivity contribution in [1.29, 1.82) is 0 Å². The Morgan fingerprint density at radius 2 is 1.65 bits per heavy atom. The van der Waals surface area contributed by atoms with Gasteiger partial charge in [-0.25, -0.2) is 0 Å². The molecular weight excluding hydrogens is 284 g/mol. The quantitative estimate of drug-likeness (QED) is 0.777. The smallest absolute Gasteiger partial charge is 0.223 e. The molecule has 0 aromatic heterocycles. The SMILES string of the molecule is CN1CCCN(C(=O)CC23CC4CC(C)(CC(C)(C4)C2)C3)CC1. The second-order valence-corrected chi connectivity index (χ2v) is 10.3. The van der Waals surface area contributed by atoms with Gasteiger partial charge in [0, 0.05) is 26.1 Å². The third-order valence-electron chi connectivity index (χ3n) is 7.34. The molecule has 23 heavy (non-hydrogen) atoms. The fourth-order valence-corrected chi connectivity index (χ4v) is 7.61. The average Bonchev–Trinajstić information content (AvgIpc) is 2.58. The number of rotatable bonds is 2. The first-order chi connectivity index (χ1) is 10.8. The van der Waals surface area contributed by atoms with Crippen molar-refractivity contribution in [2.75, 3.05) is 33.2 Å². The van der Waals surface area contributed by atoms with Gasteiger partial charge in [0.05, 0.1) is 0 Å². The minimum Gasteiger partial charge on any atom is -0.341 e. The van der Waals surface area contributed by atoms with Crippen LogP contribution < -0.4 is 0 Å². The first-order valence-electron chi connectivity index (χ1n) is 9.75. The highest BCUT2D eigenvalue weighted by Crippen LogP contribution is 2.70. The lowest BCUT2D eigenvalue weighted by Crippen LogP contribution is -2.56. The largest absolute Gasteiger partial charge is 0.341 e. The van der Waals surface area contributed by atoms with Crippen molar-refractivity contribution < 1.29 is 4.79 Å². The molecule has 2 atom stereocenters. The first kappa shape index (κ1) is 15.9. The van der Waals surface area contributed by atoms with E-state index in [4.69, 9.17) is 0 Å². The van der Waals surface area contributed by atoms with Gasteiger partial charge in [0.1, 0.15) is 0 Å². The van der Waals surface area contributed by atoms with Crippen molar-refractivity contribution in [3.8, 4) is 0 Å². The molecule has 130 valence electrons. The fraction of sp³-hybridized carbons (Fsp3) is 0.950. The predicted molar refractivity (Wildman–Crippen MR) is 93.2 cm³/mol. The molecule has 0 aromatic rings. The molecule has 4 aliphatic carbocycles. The summed E-state index contributed by atoms with van der Waals surface area (Å²) in [6.45, 7) is 9.09. The van der Waals surface area contributed by atoms with Crippen LogP contribution in [0.3, 0.4) is 0 Å². The molecule has 5 aliphatic rings. The monoisotopic (exact) mass is 318 g/mol. The zero-order valence-corrected chi connectivity index (χ0v) is 15.4. The molecule has 0 N–H and O–H groups in total. The van der Waals surface area contributed by atoms with E-state index in [-0.39, 0.29) is 0 Å². The summed E-state index contributed by atoms with van der Waals surface area (Å²) in [5, 5.41) is 0. The second kappa shape index (κ2) is 5.21. The van der Waals surface area contributed by atoms with Crippen LogP contribution in [0, 0.1) is 22.2 Å². The molecule has 2 unspecified atom stereocenters. The Labute approximate surface area is 141 Å². The summed E-state index contributed by atoms with van der Waals surface area (Å²) in [5.74, 6) is 1.35. The lowest BCUT2D eigenvalue weighted by atomic mass is 9.40. The molecule has 4 bridgehead atoms. The van der Waals surface area contributed by atoms with E-state index in [1.807, 2.05) is 0 Å². The standard InChI is InChI=1S/C20H34N2O/c1-18-9-16-10-19(2,13-18)15-20(11-16,14-18)12-17(23)22-6-4-5-21(3)7-8-22/h16H,4-15H2,1-3H3. The van der Waals surface area contributed by atoms with Gasteiger partial charge in [-0.2, -0.15) is 0 Å². The molecule has 4 saturated carbocycles. The van der Waals surface area contributed by atoms with E-state index in [2.05, 4.69) is 30.7 Å². The van der Waals surface area contributed by atoms with Gasteiger partial charge in [0.15, 0.2) is 0 Å². The zero-order valence-electron chi connectivity index (χ0n) is 15.4. The van der Waals surface area contributed by atoms with Gasteiger partial charge in [-0.1, -0.05) is 13.8 Å². The summed E-state index contributed by atoms with van der Waals surface area (Å²) in [6, 6.07) is 0. The zero-order chi connectivity index (χ0) is 16.3. The molecule has 0 spiro atoms. The predicted octanol–water partition coefficient (Wildman–Crippen LogP) is 3.54. The van der Waals surface area contributed by atoms with E-state index in [9.17, 15) is 4.79 Å². The van der Waals surface area contributed by atoms with Gasteiger partial charge in [0.25, 0.3) is 0 Å². The van der Waals surface area contributed by atoms with Gasteiger partial charge in [-0.3, -0.25) is 4.79 Å². The summed E-state index contributed by atoms with van der Waals surface area (Å²) in [6.07, 6.45) is 10.2. The highest BCUT2D eigenvalue weighted by Gasteiger charge is 2.60. The van der Waals surface area contributed by atoms with Crippen molar-refractivity contribution in [1.82, 2.24) is 9.80 Å². The van der Waals surface area contributed by atoms with Crippen LogP contribution in [0.4, 0.5) is 0 Å². The molecule has 3 heteroatoms. The Morgan fingerprint density at radius 1 is 0.957 bits per heavy atom. The third kappa shape index (κ3) is 2.94. The summed E-state index contributed by atoms with van der Waals surface area (Å²) in [5.41, 5.74) is 1.37. The minimum absolute atomic E-state index is 0.332. The molecule has 1 heterocycles. The summed E-state index contributed by atoms with van der Waals surface area (Å²) < 4.78 is 0. The Hall–Kier alpha value is -0.570. The Morgan fingerprint density at radius 3 is 2.30 bits per heavy atom. The number of carbonyl (C=O) groups excluding carboxylic acids is 1. The number of hydrogen-bond donors (Lipinski definition) is 0. The minimum atomic E-state index is 0.332. The van der Waals surface area contributed by atoms with E-state index in [1.165, 1.54) is 38.5 Å².